The smallest absolute Gasteiger partial charge is 0.119 e. The summed E-state index contributed by atoms with van der Waals surface area (Å²) in [6, 6.07) is 8.97. The van der Waals surface area contributed by atoms with E-state index < -0.39 is 0 Å². The largest absolute Gasteiger partial charge is 0.492 e. The third kappa shape index (κ3) is 6.11. The number of ether oxygens (including phenoxy) is 1. The Morgan fingerprint density at radius 1 is 1.11 bits per heavy atom. The molecule has 0 aliphatic rings. The van der Waals surface area contributed by atoms with Crippen molar-refractivity contribution in [1.82, 2.24) is 5.32 Å². The van der Waals surface area contributed by atoms with E-state index in [9.17, 15) is 0 Å². The number of hydrogen-bond acceptors (Lipinski definition) is 2. The minimum absolute atomic E-state index is 0.421. The molecule has 0 heterocycles. The summed E-state index contributed by atoms with van der Waals surface area (Å²) < 4.78 is 5.88. The molecule has 0 bridgehead atoms. The predicted molar refractivity (Wildman–Crippen MR) is 82.9 cm³/mol. The summed E-state index contributed by atoms with van der Waals surface area (Å²) in [4.78, 5) is 0. The van der Waals surface area contributed by atoms with Gasteiger partial charge in [-0.15, -0.1) is 0 Å². The van der Waals surface area contributed by atoms with Gasteiger partial charge in [-0.25, -0.2) is 0 Å². The van der Waals surface area contributed by atoms with E-state index in [1.54, 1.807) is 0 Å². The highest BCUT2D eigenvalue weighted by atomic mass is 16.5. The Balaban J connectivity index is 2.43. The van der Waals surface area contributed by atoms with Crippen LogP contribution in [0.2, 0.25) is 0 Å². The van der Waals surface area contributed by atoms with Gasteiger partial charge in [0.2, 0.25) is 0 Å². The topological polar surface area (TPSA) is 21.3 Å². The molecule has 0 fully saturated rings. The van der Waals surface area contributed by atoms with Gasteiger partial charge in [0.05, 0.1) is 0 Å². The zero-order chi connectivity index (χ0) is 14.1. The molecule has 2 heteroatoms. The number of aryl methyl sites for hydroxylation is 1. The zero-order valence-electron chi connectivity index (χ0n) is 12.9. The van der Waals surface area contributed by atoms with E-state index >= 15 is 0 Å². The molecular weight excluding hydrogens is 234 g/mol. The standard InChI is InChI=1S/C17H29NO/c1-5-7-8-15-9-11-16(12-10-15)19-13-17(14(3)4)18-6-2/h9-12,14,17-18H,5-8,13H2,1-4H3. The molecule has 1 aromatic carbocycles. The fourth-order valence-electron chi connectivity index (χ4n) is 2.07. The Bertz CT molecular complexity index is 332. The highest BCUT2D eigenvalue weighted by Crippen LogP contribution is 2.15. The highest BCUT2D eigenvalue weighted by molar-refractivity contribution is 5.27. The number of hydrogen-bond donors (Lipinski definition) is 1. The molecule has 2 nitrogen and oxygen atoms in total. The number of unbranched alkanes of at least 4 members (excludes halogenated alkanes) is 1. The molecule has 0 amide bonds. The molecule has 1 atom stereocenters. The Morgan fingerprint density at radius 2 is 1.79 bits per heavy atom. The molecule has 1 unspecified atom stereocenters. The van der Waals surface area contributed by atoms with E-state index in [0.717, 1.165) is 18.9 Å². The third-order valence-corrected chi connectivity index (χ3v) is 3.44. The van der Waals surface area contributed by atoms with Crippen LogP contribution in [-0.4, -0.2) is 19.2 Å². The maximum absolute atomic E-state index is 5.88. The van der Waals surface area contributed by atoms with Crippen LogP contribution < -0.4 is 10.1 Å². The molecule has 0 saturated heterocycles. The van der Waals surface area contributed by atoms with Crippen LogP contribution in [0.25, 0.3) is 0 Å². The lowest BCUT2D eigenvalue weighted by Gasteiger charge is -2.22. The molecule has 1 N–H and O–H groups in total. The van der Waals surface area contributed by atoms with Crippen molar-refractivity contribution in [3.8, 4) is 5.75 Å². The van der Waals surface area contributed by atoms with Crippen molar-refractivity contribution in [3.05, 3.63) is 29.8 Å². The van der Waals surface area contributed by atoms with Gasteiger partial charge < -0.3 is 10.1 Å². The number of rotatable bonds is 9. The highest BCUT2D eigenvalue weighted by Gasteiger charge is 2.12. The van der Waals surface area contributed by atoms with Crippen LogP contribution in [-0.2, 0) is 6.42 Å². The molecule has 0 saturated carbocycles. The minimum Gasteiger partial charge on any atom is -0.492 e. The van der Waals surface area contributed by atoms with E-state index in [0.29, 0.717) is 12.0 Å². The van der Waals surface area contributed by atoms with Gasteiger partial charge in [0.15, 0.2) is 0 Å². The van der Waals surface area contributed by atoms with E-state index in [4.69, 9.17) is 4.74 Å². The molecule has 1 aromatic rings. The van der Waals surface area contributed by atoms with Gasteiger partial charge in [-0.1, -0.05) is 46.2 Å². The lowest BCUT2D eigenvalue weighted by Crippen LogP contribution is -2.38. The summed E-state index contributed by atoms with van der Waals surface area (Å²) in [7, 11) is 0. The number of benzene rings is 1. The van der Waals surface area contributed by atoms with Crippen molar-refractivity contribution in [2.75, 3.05) is 13.2 Å². The second-order valence-electron chi connectivity index (χ2n) is 5.47. The molecule has 0 aliphatic heterocycles. The van der Waals surface area contributed by atoms with Crippen molar-refractivity contribution < 1.29 is 4.74 Å². The number of likely N-dealkylation sites (N-methyl/N-ethyl adjacent to an activating group) is 1. The van der Waals surface area contributed by atoms with Crippen LogP contribution in [0, 0.1) is 5.92 Å². The molecule has 0 spiro atoms. The fourth-order valence-corrected chi connectivity index (χ4v) is 2.07. The summed E-state index contributed by atoms with van der Waals surface area (Å²) in [6.45, 7) is 10.5. The van der Waals surface area contributed by atoms with Gasteiger partial charge in [0.25, 0.3) is 0 Å². The van der Waals surface area contributed by atoms with Crippen molar-refractivity contribution in [2.24, 2.45) is 5.92 Å². The van der Waals surface area contributed by atoms with Crippen LogP contribution >= 0.6 is 0 Å². The first kappa shape index (κ1) is 16.0. The summed E-state index contributed by atoms with van der Waals surface area (Å²) in [5.74, 6) is 1.56. The van der Waals surface area contributed by atoms with Gasteiger partial charge in [0, 0.05) is 6.04 Å². The van der Waals surface area contributed by atoms with Crippen LogP contribution in [0.3, 0.4) is 0 Å². The molecular formula is C17H29NO. The molecule has 0 aromatic heterocycles. The normalized spacial score (nSPS) is 12.7. The van der Waals surface area contributed by atoms with Gasteiger partial charge in [-0.3, -0.25) is 0 Å². The van der Waals surface area contributed by atoms with Gasteiger partial charge in [-0.2, -0.15) is 0 Å². The summed E-state index contributed by atoms with van der Waals surface area (Å²) >= 11 is 0. The molecule has 19 heavy (non-hydrogen) atoms. The van der Waals surface area contributed by atoms with Crippen molar-refractivity contribution in [1.29, 1.82) is 0 Å². The average Bonchev–Trinajstić information content (AvgIpc) is 2.42. The Hall–Kier alpha value is -1.02. The van der Waals surface area contributed by atoms with Crippen LogP contribution in [0.15, 0.2) is 24.3 Å². The van der Waals surface area contributed by atoms with Crippen molar-refractivity contribution in [3.63, 3.8) is 0 Å². The lowest BCUT2D eigenvalue weighted by atomic mass is 10.1. The zero-order valence-corrected chi connectivity index (χ0v) is 12.9. The van der Waals surface area contributed by atoms with E-state index in [2.05, 4.69) is 57.3 Å². The predicted octanol–water partition coefficient (Wildman–Crippen LogP) is 4.04. The fraction of sp³-hybridized carbons (Fsp3) is 0.647. The molecule has 0 radical (unpaired) electrons. The first-order chi connectivity index (χ1) is 9.17. The SMILES string of the molecule is CCCCc1ccc(OCC(NCC)C(C)C)cc1. The van der Waals surface area contributed by atoms with E-state index in [-0.39, 0.29) is 0 Å². The number of nitrogens with one attached hydrogen (secondary N) is 1. The quantitative estimate of drug-likeness (QED) is 0.726. The summed E-state index contributed by atoms with van der Waals surface area (Å²) in [6.07, 6.45) is 3.68. The second kappa shape index (κ2) is 8.98. The van der Waals surface area contributed by atoms with Crippen LogP contribution in [0.4, 0.5) is 0 Å². The third-order valence-electron chi connectivity index (χ3n) is 3.44. The second-order valence-corrected chi connectivity index (χ2v) is 5.47. The van der Waals surface area contributed by atoms with Gasteiger partial charge in [0.1, 0.15) is 12.4 Å². The Morgan fingerprint density at radius 3 is 2.32 bits per heavy atom. The van der Waals surface area contributed by atoms with Gasteiger partial charge in [-0.05, 0) is 43.0 Å². The van der Waals surface area contributed by atoms with Gasteiger partial charge >= 0.3 is 0 Å². The molecule has 108 valence electrons. The average molecular weight is 263 g/mol. The molecule has 1 rings (SSSR count). The lowest BCUT2D eigenvalue weighted by molar-refractivity contribution is 0.232. The van der Waals surface area contributed by atoms with E-state index in [1.165, 1.54) is 24.8 Å². The van der Waals surface area contributed by atoms with E-state index in [1.807, 2.05) is 0 Å². The Kier molecular flexibility index (Phi) is 7.57. The van der Waals surface area contributed by atoms with Crippen molar-refractivity contribution in [2.45, 2.75) is 53.0 Å². The van der Waals surface area contributed by atoms with Crippen LogP contribution in [0.1, 0.15) is 46.1 Å². The maximum Gasteiger partial charge on any atom is 0.119 e. The first-order valence-electron chi connectivity index (χ1n) is 7.62. The summed E-state index contributed by atoms with van der Waals surface area (Å²) in [5, 5.41) is 3.47. The van der Waals surface area contributed by atoms with Crippen molar-refractivity contribution >= 4 is 0 Å². The molecule has 0 aliphatic carbocycles. The van der Waals surface area contributed by atoms with Crippen LogP contribution in [0.5, 0.6) is 5.75 Å². The Labute approximate surface area is 118 Å². The maximum atomic E-state index is 5.88. The monoisotopic (exact) mass is 263 g/mol. The summed E-state index contributed by atoms with van der Waals surface area (Å²) in [5.41, 5.74) is 1.40. The first-order valence-corrected chi connectivity index (χ1v) is 7.62. The minimum atomic E-state index is 0.421.